The lowest BCUT2D eigenvalue weighted by atomic mass is 10.0. The molecule has 0 bridgehead atoms. The Morgan fingerprint density at radius 2 is 0.476 bits per heavy atom. The lowest BCUT2D eigenvalue weighted by Crippen LogP contribution is -2.30. The van der Waals surface area contributed by atoms with Gasteiger partial charge in [-0.25, -0.2) is 0 Å². The molecule has 1 atom stereocenters. The number of hydrogen-bond acceptors (Lipinski definition) is 6. The van der Waals surface area contributed by atoms with Crippen LogP contribution < -0.4 is 0 Å². The van der Waals surface area contributed by atoms with E-state index in [9.17, 15) is 14.4 Å². The van der Waals surface area contributed by atoms with Crippen LogP contribution in [0.15, 0.2) is 109 Å². The zero-order chi connectivity index (χ0) is 59.2. The van der Waals surface area contributed by atoms with Gasteiger partial charge in [-0.05, 0) is 109 Å². The van der Waals surface area contributed by atoms with E-state index in [1.165, 1.54) is 173 Å². The second-order valence-corrected chi connectivity index (χ2v) is 23.1. The lowest BCUT2D eigenvalue weighted by Gasteiger charge is -2.18. The highest BCUT2D eigenvalue weighted by molar-refractivity contribution is 5.71. The van der Waals surface area contributed by atoms with Crippen LogP contribution in [0.1, 0.15) is 335 Å². The van der Waals surface area contributed by atoms with Crippen molar-refractivity contribution < 1.29 is 28.6 Å². The minimum absolute atomic E-state index is 0.0815. The fourth-order valence-electron chi connectivity index (χ4n) is 9.81. The maximum atomic E-state index is 12.9. The zero-order valence-electron chi connectivity index (χ0n) is 54.0. The largest absolute Gasteiger partial charge is 0.462 e. The summed E-state index contributed by atoms with van der Waals surface area (Å²) in [5.41, 5.74) is 0. The van der Waals surface area contributed by atoms with Gasteiger partial charge in [0.2, 0.25) is 0 Å². The van der Waals surface area contributed by atoms with E-state index in [1.54, 1.807) is 0 Å². The van der Waals surface area contributed by atoms with Crippen molar-refractivity contribution in [3.05, 3.63) is 109 Å². The third-order valence-corrected chi connectivity index (χ3v) is 15.0. The topological polar surface area (TPSA) is 78.9 Å². The van der Waals surface area contributed by atoms with Crippen LogP contribution >= 0.6 is 0 Å². The van der Waals surface area contributed by atoms with Gasteiger partial charge in [-0.15, -0.1) is 0 Å². The van der Waals surface area contributed by atoms with Crippen LogP contribution in [0.5, 0.6) is 0 Å². The summed E-state index contributed by atoms with van der Waals surface area (Å²) in [6, 6.07) is 0. The Hall–Kier alpha value is -3.93. The number of carbonyl (C=O) groups excluding carboxylic acids is 3. The van der Waals surface area contributed by atoms with Crippen LogP contribution in [0, 0.1) is 0 Å². The second kappa shape index (κ2) is 69.6. The Bertz CT molecular complexity index is 1640. The first kappa shape index (κ1) is 78.1. The molecule has 0 radical (unpaired) electrons. The molecule has 0 saturated carbocycles. The Morgan fingerprint density at radius 3 is 0.756 bits per heavy atom. The number of hydrogen-bond donors (Lipinski definition) is 0. The van der Waals surface area contributed by atoms with Gasteiger partial charge in [-0.1, -0.05) is 316 Å². The summed E-state index contributed by atoms with van der Waals surface area (Å²) in [6.07, 6.45) is 95.3. The van der Waals surface area contributed by atoms with Crippen LogP contribution in [-0.4, -0.2) is 37.2 Å². The lowest BCUT2D eigenvalue weighted by molar-refractivity contribution is -0.167. The third-order valence-electron chi connectivity index (χ3n) is 15.0. The second-order valence-electron chi connectivity index (χ2n) is 23.1. The molecule has 82 heavy (non-hydrogen) atoms. The van der Waals surface area contributed by atoms with Gasteiger partial charge in [0.25, 0.3) is 0 Å². The van der Waals surface area contributed by atoms with E-state index in [2.05, 4.69) is 130 Å². The molecule has 470 valence electrons. The van der Waals surface area contributed by atoms with Crippen molar-refractivity contribution in [2.75, 3.05) is 13.2 Å². The molecular formula is C76H130O6. The van der Waals surface area contributed by atoms with Crippen molar-refractivity contribution in [3.63, 3.8) is 0 Å². The molecule has 0 aliphatic heterocycles. The van der Waals surface area contributed by atoms with Crippen LogP contribution in [0.3, 0.4) is 0 Å². The number of unbranched alkanes of at least 4 members (excludes halogenated alkanes) is 34. The molecule has 0 fully saturated rings. The summed E-state index contributed by atoms with van der Waals surface area (Å²) < 4.78 is 17.0. The van der Waals surface area contributed by atoms with Gasteiger partial charge in [-0.2, -0.15) is 0 Å². The summed E-state index contributed by atoms with van der Waals surface area (Å²) in [5, 5.41) is 0. The molecule has 0 spiro atoms. The molecule has 0 N–H and O–H groups in total. The maximum Gasteiger partial charge on any atom is 0.306 e. The fourth-order valence-corrected chi connectivity index (χ4v) is 9.81. The molecule has 0 rings (SSSR count). The highest BCUT2D eigenvalue weighted by atomic mass is 16.6. The molecule has 1 unspecified atom stereocenters. The summed E-state index contributed by atoms with van der Waals surface area (Å²) in [5.74, 6) is -0.887. The Kier molecular flexibility index (Phi) is 66.2. The molecule has 6 heteroatoms. The predicted octanol–water partition coefficient (Wildman–Crippen LogP) is 24.2. The normalized spacial score (nSPS) is 12.8. The van der Waals surface area contributed by atoms with Gasteiger partial charge >= 0.3 is 17.9 Å². The third kappa shape index (κ3) is 66.9. The smallest absolute Gasteiger partial charge is 0.306 e. The summed E-state index contributed by atoms with van der Waals surface area (Å²) >= 11 is 0. The number of rotatable bonds is 63. The minimum atomic E-state index is -0.788. The standard InChI is InChI=1S/C76H130O6/c1-4-7-10-13-16-19-22-25-28-30-32-33-34-35-36-37-38-39-40-41-42-43-44-46-48-51-54-57-60-63-66-69-75(78)81-72-73(71-80-74(77)68-65-62-59-56-53-50-47-27-24-21-18-15-12-9-6-3)82-76(79)70-67-64-61-58-55-52-49-45-31-29-26-23-20-17-14-11-8-5-2/h7,10,16,19,25,28-29,31-33,35-36,38-39,41-42,44,46,73H,4-6,8-9,11-15,17-18,20-24,26-27,30,34,37,40,43,45,47-72H2,1-3H3/b10-7-,19-16-,28-25-,31-29-,33-32-,36-35-,39-38-,42-41-,46-44-. The van der Waals surface area contributed by atoms with Crippen molar-refractivity contribution in [1.82, 2.24) is 0 Å². The maximum absolute atomic E-state index is 12.9. The first-order valence-corrected chi connectivity index (χ1v) is 34.9. The Balaban J connectivity index is 4.35. The molecule has 0 aromatic carbocycles. The van der Waals surface area contributed by atoms with Crippen molar-refractivity contribution >= 4 is 17.9 Å². The predicted molar refractivity (Wildman–Crippen MR) is 357 cm³/mol. The summed E-state index contributed by atoms with van der Waals surface area (Å²) in [4.78, 5) is 38.4. The first-order chi connectivity index (χ1) is 40.5. The minimum Gasteiger partial charge on any atom is -0.462 e. The van der Waals surface area contributed by atoms with Crippen LogP contribution in [0.2, 0.25) is 0 Å². The fraction of sp³-hybridized carbons (Fsp3) is 0.724. The van der Waals surface area contributed by atoms with E-state index in [4.69, 9.17) is 14.2 Å². The highest BCUT2D eigenvalue weighted by Crippen LogP contribution is 2.17. The van der Waals surface area contributed by atoms with Gasteiger partial charge < -0.3 is 14.2 Å². The van der Waals surface area contributed by atoms with Crippen LogP contribution in [0.4, 0.5) is 0 Å². The Labute approximate surface area is 508 Å². The van der Waals surface area contributed by atoms with E-state index in [0.29, 0.717) is 19.3 Å². The van der Waals surface area contributed by atoms with E-state index in [1.807, 2.05) is 0 Å². The van der Waals surface area contributed by atoms with Gasteiger partial charge in [0, 0.05) is 19.3 Å². The molecule has 0 amide bonds. The van der Waals surface area contributed by atoms with E-state index in [0.717, 1.165) is 122 Å². The van der Waals surface area contributed by atoms with E-state index >= 15 is 0 Å². The van der Waals surface area contributed by atoms with E-state index in [-0.39, 0.29) is 31.1 Å². The van der Waals surface area contributed by atoms with Crippen molar-refractivity contribution in [1.29, 1.82) is 0 Å². The number of esters is 3. The van der Waals surface area contributed by atoms with Crippen molar-refractivity contribution in [3.8, 4) is 0 Å². The monoisotopic (exact) mass is 1140 g/mol. The van der Waals surface area contributed by atoms with Crippen molar-refractivity contribution in [2.24, 2.45) is 0 Å². The van der Waals surface area contributed by atoms with Crippen molar-refractivity contribution in [2.45, 2.75) is 341 Å². The van der Waals surface area contributed by atoms with Gasteiger partial charge in [0.15, 0.2) is 6.10 Å². The molecule has 0 saturated heterocycles. The van der Waals surface area contributed by atoms with Crippen LogP contribution in [0.25, 0.3) is 0 Å². The molecule has 0 aliphatic rings. The highest BCUT2D eigenvalue weighted by Gasteiger charge is 2.19. The molecule has 0 heterocycles. The quantitative estimate of drug-likeness (QED) is 0.0261. The number of carbonyl (C=O) groups is 3. The molecular weight excluding hydrogens is 1010 g/mol. The van der Waals surface area contributed by atoms with Gasteiger partial charge in [0.05, 0.1) is 0 Å². The molecule has 0 aromatic rings. The average Bonchev–Trinajstić information content (AvgIpc) is 3.47. The van der Waals surface area contributed by atoms with Gasteiger partial charge in [-0.3, -0.25) is 14.4 Å². The zero-order valence-corrected chi connectivity index (χ0v) is 54.0. The number of ether oxygens (including phenoxy) is 3. The Morgan fingerprint density at radius 1 is 0.256 bits per heavy atom. The van der Waals surface area contributed by atoms with E-state index < -0.39 is 6.10 Å². The number of allylic oxidation sites excluding steroid dienone is 18. The molecule has 0 aromatic heterocycles. The summed E-state index contributed by atoms with van der Waals surface area (Å²) in [7, 11) is 0. The average molecular weight is 1140 g/mol. The van der Waals surface area contributed by atoms with Crippen LogP contribution in [-0.2, 0) is 28.6 Å². The van der Waals surface area contributed by atoms with Gasteiger partial charge in [0.1, 0.15) is 13.2 Å². The summed E-state index contributed by atoms with van der Waals surface area (Å²) in [6.45, 7) is 6.55. The first-order valence-electron chi connectivity index (χ1n) is 34.9. The molecule has 0 aliphatic carbocycles. The molecule has 6 nitrogen and oxygen atoms in total. The SMILES string of the molecule is CC/C=C\C/C=C\C/C=C\C/C=C\C/C=C\C/C=C\C/C=C\C/C=C\CCCCCCCCC(=O)OCC(COC(=O)CCCCCCCCCCCCCCCCC)OC(=O)CCCCCCCCC/C=C\CCCCCCCCC.